The normalized spacial score (nSPS) is 9.95. The van der Waals surface area contributed by atoms with Crippen LogP contribution in [0.15, 0.2) is 36.4 Å². The second kappa shape index (κ2) is 6.29. The first kappa shape index (κ1) is 14.9. The highest BCUT2D eigenvalue weighted by Crippen LogP contribution is 2.26. The van der Waals surface area contributed by atoms with Crippen molar-refractivity contribution in [1.29, 1.82) is 5.26 Å². The van der Waals surface area contributed by atoms with Crippen LogP contribution in [0.5, 0.6) is 5.75 Å². The third-order valence-electron chi connectivity index (χ3n) is 3.03. The minimum absolute atomic E-state index is 0.113. The number of carboxylic acids is 1. The van der Waals surface area contributed by atoms with Crippen molar-refractivity contribution in [1.82, 2.24) is 0 Å². The van der Waals surface area contributed by atoms with Gasteiger partial charge in [0.1, 0.15) is 12.4 Å². The van der Waals surface area contributed by atoms with E-state index in [-0.39, 0.29) is 10.6 Å². The minimum atomic E-state index is -1.04. The Kier molecular flexibility index (Phi) is 4.46. The second-order valence-corrected chi connectivity index (χ2v) is 4.90. The van der Waals surface area contributed by atoms with Crippen molar-refractivity contribution in [3.63, 3.8) is 0 Å². The molecule has 0 unspecified atom stereocenters. The zero-order chi connectivity index (χ0) is 15.4. The molecule has 0 radical (unpaired) electrons. The standard InChI is InChI=1S/C16H12ClNO3/c1-10-6-11(8-18)2-3-13(10)9-21-15-5-4-12(16(19)20)7-14(15)17/h2-7H,9H2,1H3,(H,19,20). The molecule has 0 fully saturated rings. The molecule has 0 aliphatic rings. The molecule has 0 atom stereocenters. The summed E-state index contributed by atoms with van der Waals surface area (Å²) in [7, 11) is 0. The molecule has 0 heterocycles. The van der Waals surface area contributed by atoms with Gasteiger partial charge in [-0.25, -0.2) is 4.79 Å². The first-order valence-electron chi connectivity index (χ1n) is 6.16. The Morgan fingerprint density at radius 3 is 2.67 bits per heavy atom. The number of aromatic carboxylic acids is 1. The van der Waals surface area contributed by atoms with E-state index < -0.39 is 5.97 Å². The van der Waals surface area contributed by atoms with Crippen LogP contribution in [-0.4, -0.2) is 11.1 Å². The average Bonchev–Trinajstić information content (AvgIpc) is 2.46. The number of nitrogens with zero attached hydrogens (tertiary/aromatic N) is 1. The highest BCUT2D eigenvalue weighted by molar-refractivity contribution is 6.32. The molecule has 5 heteroatoms. The van der Waals surface area contributed by atoms with Crippen LogP contribution in [0.1, 0.15) is 27.0 Å². The van der Waals surface area contributed by atoms with Gasteiger partial charge in [0, 0.05) is 0 Å². The molecule has 1 N–H and O–H groups in total. The maximum Gasteiger partial charge on any atom is 0.335 e. The van der Waals surface area contributed by atoms with Crippen molar-refractivity contribution < 1.29 is 14.6 Å². The van der Waals surface area contributed by atoms with Crippen LogP contribution < -0.4 is 4.74 Å². The molecule has 0 aromatic heterocycles. The van der Waals surface area contributed by atoms with Crippen LogP contribution in [-0.2, 0) is 6.61 Å². The Labute approximate surface area is 127 Å². The third-order valence-corrected chi connectivity index (χ3v) is 3.33. The van der Waals surface area contributed by atoms with E-state index in [4.69, 9.17) is 26.7 Å². The van der Waals surface area contributed by atoms with Crippen molar-refractivity contribution in [3.8, 4) is 11.8 Å². The molecule has 0 amide bonds. The zero-order valence-corrected chi connectivity index (χ0v) is 12.0. The Hall–Kier alpha value is -2.51. The molecular weight excluding hydrogens is 290 g/mol. The molecule has 106 valence electrons. The maximum absolute atomic E-state index is 10.8. The molecule has 0 aliphatic carbocycles. The lowest BCUT2D eigenvalue weighted by Crippen LogP contribution is -2.00. The lowest BCUT2D eigenvalue weighted by Gasteiger charge is -2.10. The number of benzene rings is 2. The van der Waals surface area contributed by atoms with Crippen LogP contribution in [0.2, 0.25) is 5.02 Å². The smallest absolute Gasteiger partial charge is 0.335 e. The number of carboxylic acid groups (broad SMARTS) is 1. The second-order valence-electron chi connectivity index (χ2n) is 4.49. The molecule has 2 rings (SSSR count). The van der Waals surface area contributed by atoms with E-state index in [0.29, 0.717) is 17.9 Å². The average molecular weight is 302 g/mol. The quantitative estimate of drug-likeness (QED) is 0.932. The van der Waals surface area contributed by atoms with Gasteiger partial charge in [-0.15, -0.1) is 0 Å². The van der Waals surface area contributed by atoms with Gasteiger partial charge in [0.25, 0.3) is 0 Å². The van der Waals surface area contributed by atoms with Crippen LogP contribution in [0.3, 0.4) is 0 Å². The van der Waals surface area contributed by atoms with E-state index in [1.54, 1.807) is 12.1 Å². The third kappa shape index (κ3) is 3.53. The summed E-state index contributed by atoms with van der Waals surface area (Å²) in [6.07, 6.45) is 0. The number of aryl methyl sites for hydroxylation is 1. The lowest BCUT2D eigenvalue weighted by atomic mass is 10.1. The van der Waals surface area contributed by atoms with E-state index in [1.807, 2.05) is 13.0 Å². The fourth-order valence-corrected chi connectivity index (χ4v) is 2.07. The maximum atomic E-state index is 10.8. The zero-order valence-electron chi connectivity index (χ0n) is 11.3. The van der Waals surface area contributed by atoms with Gasteiger partial charge in [-0.05, 0) is 48.4 Å². The summed E-state index contributed by atoms with van der Waals surface area (Å²) < 4.78 is 5.60. The minimum Gasteiger partial charge on any atom is -0.487 e. The SMILES string of the molecule is Cc1cc(C#N)ccc1COc1ccc(C(=O)O)cc1Cl. The number of hydrogen-bond donors (Lipinski definition) is 1. The van der Waals surface area contributed by atoms with Gasteiger partial charge in [0.05, 0.1) is 22.2 Å². The molecule has 0 aliphatic heterocycles. The molecule has 0 bridgehead atoms. The predicted octanol–water partition coefficient (Wildman–Crippen LogP) is 3.80. The first-order valence-corrected chi connectivity index (χ1v) is 6.54. The molecular formula is C16H12ClNO3. The van der Waals surface area contributed by atoms with Gasteiger partial charge in [-0.1, -0.05) is 17.7 Å². The monoisotopic (exact) mass is 301 g/mol. The molecule has 2 aromatic rings. The van der Waals surface area contributed by atoms with Crippen LogP contribution in [0.25, 0.3) is 0 Å². The number of halogens is 1. The lowest BCUT2D eigenvalue weighted by molar-refractivity contribution is 0.0697. The summed E-state index contributed by atoms with van der Waals surface area (Å²) in [5.74, 6) is -0.614. The summed E-state index contributed by atoms with van der Waals surface area (Å²) in [6, 6.07) is 11.7. The van der Waals surface area contributed by atoms with Crippen molar-refractivity contribution in [2.24, 2.45) is 0 Å². The summed E-state index contributed by atoms with van der Waals surface area (Å²) in [5, 5.41) is 17.9. The molecule has 0 saturated carbocycles. The molecule has 21 heavy (non-hydrogen) atoms. The van der Waals surface area contributed by atoms with Gasteiger partial charge < -0.3 is 9.84 Å². The number of hydrogen-bond acceptors (Lipinski definition) is 3. The fraction of sp³-hybridized carbons (Fsp3) is 0.125. The van der Waals surface area contributed by atoms with E-state index in [9.17, 15) is 4.79 Å². The van der Waals surface area contributed by atoms with Crippen molar-refractivity contribution in [2.75, 3.05) is 0 Å². The summed E-state index contributed by atoms with van der Waals surface area (Å²) >= 11 is 6.00. The van der Waals surface area contributed by atoms with Gasteiger partial charge >= 0.3 is 5.97 Å². The van der Waals surface area contributed by atoms with E-state index >= 15 is 0 Å². The van der Waals surface area contributed by atoms with Crippen LogP contribution in [0.4, 0.5) is 0 Å². The summed E-state index contributed by atoms with van der Waals surface area (Å²) in [4.78, 5) is 10.8. The molecule has 4 nitrogen and oxygen atoms in total. The number of rotatable bonds is 4. The predicted molar refractivity (Wildman–Crippen MR) is 78.6 cm³/mol. The van der Waals surface area contributed by atoms with Crippen molar-refractivity contribution in [3.05, 3.63) is 63.7 Å². The van der Waals surface area contributed by atoms with Gasteiger partial charge in [-0.3, -0.25) is 0 Å². The Morgan fingerprint density at radius 2 is 2.10 bits per heavy atom. The van der Waals surface area contributed by atoms with Gasteiger partial charge in [0.15, 0.2) is 0 Å². The number of nitriles is 1. The highest BCUT2D eigenvalue weighted by Gasteiger charge is 2.09. The number of carbonyl (C=O) groups is 1. The van der Waals surface area contributed by atoms with Gasteiger partial charge in [0.2, 0.25) is 0 Å². The molecule has 0 spiro atoms. The Bertz CT molecular complexity index is 735. The van der Waals surface area contributed by atoms with E-state index in [1.165, 1.54) is 18.2 Å². The largest absolute Gasteiger partial charge is 0.487 e. The van der Waals surface area contributed by atoms with Crippen LogP contribution >= 0.6 is 11.6 Å². The molecule has 0 saturated heterocycles. The van der Waals surface area contributed by atoms with E-state index in [0.717, 1.165) is 11.1 Å². The first-order chi connectivity index (χ1) is 10.0. The fourth-order valence-electron chi connectivity index (χ4n) is 1.83. The molecule has 2 aromatic carbocycles. The van der Waals surface area contributed by atoms with Gasteiger partial charge in [-0.2, -0.15) is 5.26 Å². The summed E-state index contributed by atoms with van der Waals surface area (Å²) in [5.41, 5.74) is 2.60. The highest BCUT2D eigenvalue weighted by atomic mass is 35.5. The number of ether oxygens (including phenoxy) is 1. The van der Waals surface area contributed by atoms with Crippen molar-refractivity contribution in [2.45, 2.75) is 13.5 Å². The van der Waals surface area contributed by atoms with Crippen molar-refractivity contribution >= 4 is 17.6 Å². The van der Waals surface area contributed by atoms with Crippen LogP contribution in [0, 0.1) is 18.3 Å². The topological polar surface area (TPSA) is 70.3 Å². The van der Waals surface area contributed by atoms with E-state index in [2.05, 4.69) is 6.07 Å². The Balaban J connectivity index is 2.13. The summed E-state index contributed by atoms with van der Waals surface area (Å²) in [6.45, 7) is 2.19. The Morgan fingerprint density at radius 1 is 1.33 bits per heavy atom.